The lowest BCUT2D eigenvalue weighted by atomic mass is 10.3. The number of hydrogen-bond donors (Lipinski definition) is 1. The van der Waals surface area contributed by atoms with Crippen LogP contribution in [0.4, 0.5) is 5.82 Å². The molecule has 0 bridgehead atoms. The van der Waals surface area contributed by atoms with E-state index < -0.39 is 0 Å². The summed E-state index contributed by atoms with van der Waals surface area (Å²) in [5, 5.41) is 3.38. The normalized spacial score (nSPS) is 15.8. The summed E-state index contributed by atoms with van der Waals surface area (Å²) in [7, 11) is 0. The molecule has 1 aromatic heterocycles. The molecule has 1 unspecified atom stereocenters. The Labute approximate surface area is 127 Å². The van der Waals surface area contributed by atoms with Crippen molar-refractivity contribution in [2.45, 2.75) is 59.0 Å². The minimum absolute atomic E-state index is 0.00960. The van der Waals surface area contributed by atoms with Gasteiger partial charge in [-0.2, -0.15) is 4.98 Å². The molecule has 1 aromatic rings. The summed E-state index contributed by atoms with van der Waals surface area (Å²) in [6, 6.07) is 0. The first-order chi connectivity index (χ1) is 10.2. The standard InChI is InChI=1S/C16H27N3O2/c1-5-9-17-14-12(4)16(21-11(3)10-20-6-2)19-15(18-14)13-7-8-13/h11,13H,5-10H2,1-4H3,(H,17,18,19). The van der Waals surface area contributed by atoms with Gasteiger partial charge in [0.2, 0.25) is 5.88 Å². The van der Waals surface area contributed by atoms with Crippen LogP contribution in [0, 0.1) is 6.92 Å². The zero-order valence-electron chi connectivity index (χ0n) is 13.6. The first-order valence-electron chi connectivity index (χ1n) is 8.02. The fourth-order valence-electron chi connectivity index (χ4n) is 2.08. The number of nitrogens with one attached hydrogen (secondary N) is 1. The van der Waals surface area contributed by atoms with Gasteiger partial charge in [-0.15, -0.1) is 0 Å². The fourth-order valence-corrected chi connectivity index (χ4v) is 2.08. The second-order valence-electron chi connectivity index (χ2n) is 5.65. The highest BCUT2D eigenvalue weighted by atomic mass is 16.5. The molecule has 0 spiro atoms. The Morgan fingerprint density at radius 2 is 2.05 bits per heavy atom. The van der Waals surface area contributed by atoms with E-state index in [0.717, 1.165) is 30.2 Å². The zero-order chi connectivity index (χ0) is 15.2. The smallest absolute Gasteiger partial charge is 0.222 e. The molecule has 5 nitrogen and oxygen atoms in total. The van der Waals surface area contributed by atoms with Gasteiger partial charge in [-0.3, -0.25) is 0 Å². The second kappa shape index (κ2) is 7.59. The van der Waals surface area contributed by atoms with E-state index in [1.165, 1.54) is 12.8 Å². The van der Waals surface area contributed by atoms with Gasteiger partial charge in [-0.05, 0) is 40.0 Å². The Kier molecular flexibility index (Phi) is 5.79. The monoisotopic (exact) mass is 293 g/mol. The third-order valence-corrected chi connectivity index (χ3v) is 3.47. The van der Waals surface area contributed by atoms with Gasteiger partial charge in [-0.1, -0.05) is 6.92 Å². The lowest BCUT2D eigenvalue weighted by Gasteiger charge is -2.18. The average Bonchev–Trinajstić information content (AvgIpc) is 3.30. The van der Waals surface area contributed by atoms with Gasteiger partial charge in [-0.25, -0.2) is 4.98 Å². The van der Waals surface area contributed by atoms with E-state index in [0.29, 0.717) is 25.0 Å². The first kappa shape index (κ1) is 16.0. The Balaban J connectivity index is 2.15. The van der Waals surface area contributed by atoms with Crippen LogP contribution in [0.15, 0.2) is 0 Å². The van der Waals surface area contributed by atoms with Crippen molar-refractivity contribution in [3.05, 3.63) is 11.4 Å². The lowest BCUT2D eigenvalue weighted by Crippen LogP contribution is -2.21. The molecule has 0 aromatic carbocycles. The van der Waals surface area contributed by atoms with Crippen molar-refractivity contribution in [2.75, 3.05) is 25.1 Å². The topological polar surface area (TPSA) is 56.3 Å². The quantitative estimate of drug-likeness (QED) is 0.757. The Morgan fingerprint density at radius 3 is 2.67 bits per heavy atom. The maximum absolute atomic E-state index is 5.97. The van der Waals surface area contributed by atoms with Crippen molar-refractivity contribution < 1.29 is 9.47 Å². The Hall–Kier alpha value is -1.36. The van der Waals surface area contributed by atoms with Crippen LogP contribution in [0.5, 0.6) is 5.88 Å². The number of hydrogen-bond acceptors (Lipinski definition) is 5. The molecule has 1 saturated carbocycles. The van der Waals surface area contributed by atoms with Gasteiger partial charge < -0.3 is 14.8 Å². The van der Waals surface area contributed by atoms with Crippen molar-refractivity contribution in [2.24, 2.45) is 0 Å². The maximum Gasteiger partial charge on any atom is 0.222 e. The summed E-state index contributed by atoms with van der Waals surface area (Å²) in [4.78, 5) is 9.29. The molecule has 0 saturated heterocycles. The molecule has 2 rings (SSSR count). The van der Waals surface area contributed by atoms with Crippen LogP contribution < -0.4 is 10.1 Å². The third-order valence-electron chi connectivity index (χ3n) is 3.47. The molecule has 1 fully saturated rings. The van der Waals surface area contributed by atoms with E-state index in [4.69, 9.17) is 9.47 Å². The first-order valence-corrected chi connectivity index (χ1v) is 8.02. The van der Waals surface area contributed by atoms with Crippen molar-refractivity contribution >= 4 is 5.82 Å². The van der Waals surface area contributed by atoms with Crippen molar-refractivity contribution in [1.82, 2.24) is 9.97 Å². The maximum atomic E-state index is 5.97. The van der Waals surface area contributed by atoms with Gasteiger partial charge in [0.25, 0.3) is 0 Å². The summed E-state index contributed by atoms with van der Waals surface area (Å²) in [5.74, 6) is 3.03. The van der Waals surface area contributed by atoms with Crippen LogP contribution >= 0.6 is 0 Å². The minimum Gasteiger partial charge on any atom is -0.472 e. The van der Waals surface area contributed by atoms with Gasteiger partial charge in [0, 0.05) is 19.1 Å². The van der Waals surface area contributed by atoms with Crippen molar-refractivity contribution in [1.29, 1.82) is 0 Å². The minimum atomic E-state index is -0.00960. The summed E-state index contributed by atoms with van der Waals surface area (Å²) in [6.07, 6.45) is 3.43. The second-order valence-corrected chi connectivity index (χ2v) is 5.65. The van der Waals surface area contributed by atoms with Crippen LogP contribution in [0.25, 0.3) is 0 Å². The molecule has 1 aliphatic rings. The highest BCUT2D eigenvalue weighted by Crippen LogP contribution is 2.40. The highest BCUT2D eigenvalue weighted by Gasteiger charge is 2.28. The van der Waals surface area contributed by atoms with E-state index >= 15 is 0 Å². The Morgan fingerprint density at radius 1 is 1.29 bits per heavy atom. The van der Waals surface area contributed by atoms with Crippen LogP contribution in [0.3, 0.4) is 0 Å². The molecular formula is C16H27N3O2. The predicted octanol–water partition coefficient (Wildman–Crippen LogP) is 3.29. The highest BCUT2D eigenvalue weighted by molar-refractivity contribution is 5.49. The Bertz CT molecular complexity index is 461. The van der Waals surface area contributed by atoms with Crippen molar-refractivity contribution in [3.63, 3.8) is 0 Å². The van der Waals surface area contributed by atoms with Crippen molar-refractivity contribution in [3.8, 4) is 5.88 Å². The van der Waals surface area contributed by atoms with E-state index in [9.17, 15) is 0 Å². The van der Waals surface area contributed by atoms with E-state index in [1.54, 1.807) is 0 Å². The molecule has 118 valence electrons. The largest absolute Gasteiger partial charge is 0.472 e. The van der Waals surface area contributed by atoms with Crippen LogP contribution in [0.1, 0.15) is 57.3 Å². The van der Waals surface area contributed by atoms with Crippen LogP contribution in [-0.2, 0) is 4.74 Å². The van der Waals surface area contributed by atoms with E-state index in [2.05, 4.69) is 22.2 Å². The summed E-state index contributed by atoms with van der Waals surface area (Å²) in [5.41, 5.74) is 0.983. The molecule has 1 aliphatic carbocycles. The summed E-state index contributed by atoms with van der Waals surface area (Å²) >= 11 is 0. The predicted molar refractivity (Wildman–Crippen MR) is 84.1 cm³/mol. The van der Waals surface area contributed by atoms with Gasteiger partial charge in [0.15, 0.2) is 0 Å². The number of nitrogens with zero attached hydrogens (tertiary/aromatic N) is 2. The molecule has 0 radical (unpaired) electrons. The summed E-state index contributed by atoms with van der Waals surface area (Å²) < 4.78 is 11.4. The number of ether oxygens (including phenoxy) is 2. The molecule has 1 N–H and O–H groups in total. The SMILES string of the molecule is CCCNc1nc(C2CC2)nc(OC(C)COCC)c1C. The van der Waals surface area contributed by atoms with Gasteiger partial charge >= 0.3 is 0 Å². The van der Waals surface area contributed by atoms with Gasteiger partial charge in [0.05, 0.1) is 12.2 Å². The molecular weight excluding hydrogens is 266 g/mol. The third kappa shape index (κ3) is 4.56. The van der Waals surface area contributed by atoms with Gasteiger partial charge in [0.1, 0.15) is 17.7 Å². The lowest BCUT2D eigenvalue weighted by molar-refractivity contribution is 0.0628. The molecule has 0 amide bonds. The molecule has 1 heterocycles. The average molecular weight is 293 g/mol. The van der Waals surface area contributed by atoms with Crippen LogP contribution in [0.2, 0.25) is 0 Å². The number of rotatable bonds is 9. The zero-order valence-corrected chi connectivity index (χ0v) is 13.6. The molecule has 1 atom stereocenters. The van der Waals surface area contributed by atoms with Crippen LogP contribution in [-0.4, -0.2) is 35.8 Å². The van der Waals surface area contributed by atoms with E-state index in [1.807, 2.05) is 20.8 Å². The van der Waals surface area contributed by atoms with E-state index in [-0.39, 0.29) is 6.10 Å². The number of aromatic nitrogens is 2. The molecule has 5 heteroatoms. The summed E-state index contributed by atoms with van der Waals surface area (Å²) in [6.45, 7) is 10.3. The fraction of sp³-hybridized carbons (Fsp3) is 0.750. The molecule has 0 aliphatic heterocycles. The number of anilines is 1. The molecule has 21 heavy (non-hydrogen) atoms.